The van der Waals surface area contributed by atoms with Crippen LogP contribution in [0.2, 0.25) is 0 Å². The number of sulfonamides is 1. The Bertz CT molecular complexity index is 413. The van der Waals surface area contributed by atoms with E-state index in [0.717, 1.165) is 13.0 Å². The van der Waals surface area contributed by atoms with Crippen LogP contribution in [0.1, 0.15) is 12.2 Å². The van der Waals surface area contributed by atoms with E-state index in [9.17, 15) is 8.42 Å². The van der Waals surface area contributed by atoms with Gasteiger partial charge in [-0.05, 0) is 25.1 Å². The van der Waals surface area contributed by atoms with Gasteiger partial charge in [-0.2, -0.15) is 0 Å². The number of nitrogens with two attached hydrogens (primary N) is 1. The molecule has 0 fully saturated rings. The highest BCUT2D eigenvalue weighted by molar-refractivity contribution is 7.89. The monoisotopic (exact) mass is 248 g/mol. The highest BCUT2D eigenvalue weighted by atomic mass is 32.2. The van der Waals surface area contributed by atoms with Crippen LogP contribution in [0.5, 0.6) is 0 Å². The van der Waals surface area contributed by atoms with E-state index < -0.39 is 10.0 Å². The minimum Gasteiger partial charge on any atom is -0.447 e. The molecule has 7 heteroatoms. The summed E-state index contributed by atoms with van der Waals surface area (Å²) >= 11 is 0. The predicted molar refractivity (Wildman–Crippen MR) is 58.3 cm³/mol. The van der Waals surface area contributed by atoms with Crippen LogP contribution >= 0.6 is 0 Å². The van der Waals surface area contributed by atoms with Crippen LogP contribution < -0.4 is 10.5 Å². The van der Waals surface area contributed by atoms with Crippen LogP contribution in [0.3, 0.4) is 0 Å². The molecule has 3 N–H and O–H groups in total. The molecule has 0 bridgehead atoms. The van der Waals surface area contributed by atoms with Crippen LogP contribution in [-0.4, -0.2) is 28.7 Å². The van der Waals surface area contributed by atoms with Crippen LogP contribution in [0, 0.1) is 0 Å². The van der Waals surface area contributed by atoms with Gasteiger partial charge < -0.3 is 14.5 Å². The largest absolute Gasteiger partial charge is 0.447 e. The maximum atomic E-state index is 10.9. The van der Waals surface area contributed by atoms with Crippen molar-refractivity contribution in [1.82, 2.24) is 5.32 Å². The van der Waals surface area contributed by atoms with Crippen molar-refractivity contribution in [2.75, 3.05) is 20.3 Å². The van der Waals surface area contributed by atoms with E-state index >= 15 is 0 Å². The fraction of sp³-hybridized carbons (Fsp3) is 0.556. The maximum absolute atomic E-state index is 10.9. The molecule has 0 spiro atoms. The van der Waals surface area contributed by atoms with E-state index in [1.807, 2.05) is 0 Å². The van der Waals surface area contributed by atoms with Crippen molar-refractivity contribution in [3.63, 3.8) is 0 Å². The summed E-state index contributed by atoms with van der Waals surface area (Å²) in [5, 5.41) is 7.79. The normalized spacial score (nSPS) is 11.9. The molecule has 16 heavy (non-hydrogen) atoms. The summed E-state index contributed by atoms with van der Waals surface area (Å²) in [6, 6.07) is 2.94. The van der Waals surface area contributed by atoms with Gasteiger partial charge in [0, 0.05) is 13.7 Å². The number of hydrogen-bond acceptors (Lipinski definition) is 5. The molecular weight excluding hydrogens is 232 g/mol. The summed E-state index contributed by atoms with van der Waals surface area (Å²) in [5.41, 5.74) is 0. The van der Waals surface area contributed by atoms with Crippen molar-refractivity contribution in [2.24, 2.45) is 5.14 Å². The molecule has 0 aliphatic heterocycles. The highest BCUT2D eigenvalue weighted by Gasteiger charge is 2.12. The molecule has 0 amide bonds. The first-order valence-electron chi connectivity index (χ1n) is 4.85. The van der Waals surface area contributed by atoms with E-state index in [1.54, 1.807) is 13.2 Å². The van der Waals surface area contributed by atoms with Crippen LogP contribution in [-0.2, 0) is 21.3 Å². The van der Waals surface area contributed by atoms with Gasteiger partial charge in [0.05, 0.1) is 6.54 Å². The van der Waals surface area contributed by atoms with Gasteiger partial charge in [-0.15, -0.1) is 0 Å². The van der Waals surface area contributed by atoms with Gasteiger partial charge in [0.2, 0.25) is 5.09 Å². The molecule has 92 valence electrons. The first-order chi connectivity index (χ1) is 7.54. The zero-order valence-corrected chi connectivity index (χ0v) is 9.92. The first-order valence-corrected chi connectivity index (χ1v) is 6.40. The molecule has 1 aromatic rings. The lowest BCUT2D eigenvalue weighted by molar-refractivity contribution is 0.194. The minimum atomic E-state index is -3.74. The molecule has 0 aromatic carbocycles. The summed E-state index contributed by atoms with van der Waals surface area (Å²) < 4.78 is 31.7. The Morgan fingerprint density at radius 1 is 1.50 bits per heavy atom. The number of furan rings is 1. The van der Waals surface area contributed by atoms with Crippen molar-refractivity contribution < 1.29 is 17.6 Å². The highest BCUT2D eigenvalue weighted by Crippen LogP contribution is 2.11. The van der Waals surface area contributed by atoms with Gasteiger partial charge in [0.25, 0.3) is 10.0 Å². The third kappa shape index (κ3) is 4.31. The second-order valence-corrected chi connectivity index (χ2v) is 4.78. The summed E-state index contributed by atoms with van der Waals surface area (Å²) in [4.78, 5) is 0. The third-order valence-corrected chi connectivity index (χ3v) is 2.70. The van der Waals surface area contributed by atoms with Crippen LogP contribution in [0.25, 0.3) is 0 Å². The molecule has 1 aromatic heterocycles. The summed E-state index contributed by atoms with van der Waals surface area (Å²) in [6.45, 7) is 1.94. The SMILES string of the molecule is COCCCNCc1ccc(S(N)(=O)=O)o1. The topological polar surface area (TPSA) is 94.6 Å². The molecule has 1 heterocycles. The van der Waals surface area contributed by atoms with Crippen LogP contribution in [0.15, 0.2) is 21.6 Å². The van der Waals surface area contributed by atoms with Gasteiger partial charge in [0.15, 0.2) is 0 Å². The molecule has 0 aliphatic carbocycles. The molecule has 0 saturated heterocycles. The van der Waals surface area contributed by atoms with Gasteiger partial charge in [-0.3, -0.25) is 0 Å². The van der Waals surface area contributed by atoms with Crippen molar-refractivity contribution in [3.05, 3.63) is 17.9 Å². The van der Waals surface area contributed by atoms with E-state index in [-0.39, 0.29) is 5.09 Å². The van der Waals surface area contributed by atoms with Gasteiger partial charge in [-0.1, -0.05) is 0 Å². The Morgan fingerprint density at radius 2 is 2.25 bits per heavy atom. The molecule has 0 aliphatic rings. The third-order valence-electron chi connectivity index (χ3n) is 1.92. The Kier molecular flexibility index (Phi) is 4.94. The molecule has 6 nitrogen and oxygen atoms in total. The minimum absolute atomic E-state index is 0.207. The van der Waals surface area contributed by atoms with Crippen molar-refractivity contribution >= 4 is 10.0 Å². The van der Waals surface area contributed by atoms with E-state index in [2.05, 4.69) is 5.32 Å². The van der Waals surface area contributed by atoms with Crippen LogP contribution in [0.4, 0.5) is 0 Å². The maximum Gasteiger partial charge on any atom is 0.271 e. The number of hydrogen-bond donors (Lipinski definition) is 2. The summed E-state index contributed by atoms with van der Waals surface area (Å²) in [5.74, 6) is 0.543. The van der Waals surface area contributed by atoms with Crippen molar-refractivity contribution in [2.45, 2.75) is 18.1 Å². The summed E-state index contributed by atoms with van der Waals surface area (Å²) in [6.07, 6.45) is 0.888. The van der Waals surface area contributed by atoms with E-state index in [0.29, 0.717) is 18.9 Å². The van der Waals surface area contributed by atoms with E-state index in [1.165, 1.54) is 6.07 Å². The van der Waals surface area contributed by atoms with Gasteiger partial charge in [0.1, 0.15) is 5.76 Å². The lowest BCUT2D eigenvalue weighted by atomic mass is 10.4. The molecule has 0 unspecified atom stereocenters. The number of primary sulfonamides is 1. The Labute approximate surface area is 94.8 Å². The number of methoxy groups -OCH3 is 1. The molecular formula is C9H16N2O4S. The van der Waals surface area contributed by atoms with Crippen molar-refractivity contribution in [1.29, 1.82) is 0 Å². The molecule has 1 rings (SSSR count). The number of rotatable bonds is 7. The predicted octanol–water partition coefficient (Wildman–Crippen LogP) is 0.0531. The molecule has 0 radical (unpaired) electrons. The fourth-order valence-electron chi connectivity index (χ4n) is 1.16. The van der Waals surface area contributed by atoms with Gasteiger partial charge in [-0.25, -0.2) is 13.6 Å². The smallest absolute Gasteiger partial charge is 0.271 e. The molecule has 0 saturated carbocycles. The fourth-order valence-corrected chi connectivity index (χ4v) is 1.64. The van der Waals surface area contributed by atoms with E-state index in [4.69, 9.17) is 14.3 Å². The Balaban J connectivity index is 2.36. The Morgan fingerprint density at radius 3 is 2.81 bits per heavy atom. The molecule has 0 atom stereocenters. The van der Waals surface area contributed by atoms with Gasteiger partial charge >= 0.3 is 0 Å². The lowest BCUT2D eigenvalue weighted by Crippen LogP contribution is -2.15. The zero-order chi connectivity index (χ0) is 12.0. The average molecular weight is 248 g/mol. The lowest BCUT2D eigenvalue weighted by Gasteiger charge is -2.01. The zero-order valence-electron chi connectivity index (χ0n) is 9.10. The average Bonchev–Trinajstić information content (AvgIpc) is 2.65. The first kappa shape index (κ1) is 13.2. The second kappa shape index (κ2) is 6.00. The van der Waals surface area contributed by atoms with Crippen molar-refractivity contribution in [3.8, 4) is 0 Å². The second-order valence-electron chi connectivity index (χ2n) is 3.29. The summed E-state index contributed by atoms with van der Waals surface area (Å²) in [7, 11) is -2.09. The number of nitrogens with one attached hydrogen (secondary N) is 1. The standard InChI is InChI=1S/C9H16N2O4S/c1-14-6-2-5-11-7-8-3-4-9(15-8)16(10,12)13/h3-4,11H,2,5-7H2,1H3,(H2,10,12,13). The Hall–Kier alpha value is -0.890. The quantitative estimate of drug-likeness (QED) is 0.665. The number of ether oxygens (including phenoxy) is 1.